The molecular weight excluding hydrogens is 502 g/mol. The summed E-state index contributed by atoms with van der Waals surface area (Å²) in [5.74, 6) is -0.0593. The highest BCUT2D eigenvalue weighted by Crippen LogP contribution is 2.42. The Hall–Kier alpha value is -2.61. The van der Waals surface area contributed by atoms with Crippen molar-refractivity contribution >= 4 is 27.9 Å². The fraction of sp³-hybridized carbons (Fsp3) is 0.500. The number of carbonyl (C=O) groups excluding carboxylic acids is 2. The minimum atomic E-state index is -0.556. The minimum Gasteiger partial charge on any atom is -0.493 e. The third kappa shape index (κ3) is 6.50. The second-order valence-electron chi connectivity index (χ2n) is 7.75. The number of esters is 2. The van der Waals surface area contributed by atoms with Crippen molar-refractivity contribution in [3.8, 4) is 22.6 Å². The predicted octanol–water partition coefficient (Wildman–Crippen LogP) is 6.45. The third-order valence-corrected chi connectivity index (χ3v) is 5.87. The smallest absolute Gasteiger partial charge is 0.340 e. The Morgan fingerprint density at radius 1 is 0.912 bits per heavy atom. The lowest BCUT2D eigenvalue weighted by atomic mass is 9.92. The molecule has 1 aromatic carbocycles. The Bertz CT molecular complexity index is 979. The first-order chi connectivity index (χ1) is 16.3. The molecule has 0 atom stereocenters. The number of hydrogen-bond donors (Lipinski definition) is 0. The third-order valence-electron chi connectivity index (χ3n) is 5.28. The Kier molecular flexibility index (Phi) is 10.8. The highest BCUT2D eigenvalue weighted by atomic mass is 79.9. The van der Waals surface area contributed by atoms with Crippen molar-refractivity contribution in [2.24, 2.45) is 0 Å². The van der Waals surface area contributed by atoms with Crippen molar-refractivity contribution in [1.29, 1.82) is 0 Å². The van der Waals surface area contributed by atoms with Gasteiger partial charge in [-0.15, -0.1) is 0 Å². The molecule has 0 aliphatic rings. The molecule has 0 saturated carbocycles. The summed E-state index contributed by atoms with van der Waals surface area (Å²) >= 11 is 3.59. The standard InChI is InChI=1S/C26H34BrNO6/c1-7-10-11-12-13-34-24-19(27)14-18(15-20(24)31-6)23-21(25(29)32-8-2)16(4)28-17(5)22(23)26(30)33-9-3/h14-15H,7-13H2,1-6H3. The number of methoxy groups -OCH3 is 1. The van der Waals surface area contributed by atoms with Crippen LogP contribution in [0.5, 0.6) is 11.5 Å². The lowest BCUT2D eigenvalue weighted by Gasteiger charge is -2.20. The zero-order valence-electron chi connectivity index (χ0n) is 20.9. The summed E-state index contributed by atoms with van der Waals surface area (Å²) in [5, 5.41) is 0. The summed E-state index contributed by atoms with van der Waals surface area (Å²) in [5.41, 5.74) is 2.35. The lowest BCUT2D eigenvalue weighted by Crippen LogP contribution is -2.17. The van der Waals surface area contributed by atoms with Crippen LogP contribution in [0.3, 0.4) is 0 Å². The lowest BCUT2D eigenvalue weighted by molar-refractivity contribution is 0.0525. The molecule has 0 aliphatic heterocycles. The van der Waals surface area contributed by atoms with E-state index in [1.54, 1.807) is 40.9 Å². The molecule has 0 bridgehead atoms. The van der Waals surface area contributed by atoms with Crippen LogP contribution in [0.1, 0.15) is 78.6 Å². The zero-order chi connectivity index (χ0) is 25.3. The predicted molar refractivity (Wildman–Crippen MR) is 135 cm³/mol. The normalized spacial score (nSPS) is 10.7. The Balaban J connectivity index is 2.69. The van der Waals surface area contributed by atoms with Crippen molar-refractivity contribution in [1.82, 2.24) is 4.98 Å². The van der Waals surface area contributed by atoms with Gasteiger partial charge >= 0.3 is 11.9 Å². The van der Waals surface area contributed by atoms with Crippen LogP contribution in [0, 0.1) is 13.8 Å². The van der Waals surface area contributed by atoms with E-state index in [2.05, 4.69) is 27.8 Å². The molecule has 0 aliphatic carbocycles. The summed E-state index contributed by atoms with van der Waals surface area (Å²) < 4.78 is 22.9. The van der Waals surface area contributed by atoms with Crippen LogP contribution in [-0.4, -0.2) is 43.9 Å². The first kappa shape index (κ1) is 27.6. The Morgan fingerprint density at radius 2 is 1.50 bits per heavy atom. The van der Waals surface area contributed by atoms with Crippen molar-refractivity contribution in [2.75, 3.05) is 26.9 Å². The molecule has 0 saturated heterocycles. The number of unbranched alkanes of at least 4 members (excludes halogenated alkanes) is 3. The van der Waals surface area contributed by atoms with Gasteiger partial charge in [-0.25, -0.2) is 9.59 Å². The molecule has 0 unspecified atom stereocenters. The Labute approximate surface area is 210 Å². The van der Waals surface area contributed by atoms with Gasteiger partial charge in [-0.3, -0.25) is 4.98 Å². The second kappa shape index (κ2) is 13.3. The number of rotatable bonds is 12. The number of nitrogens with zero attached hydrogens (tertiary/aromatic N) is 1. The van der Waals surface area contributed by atoms with Crippen LogP contribution in [0.25, 0.3) is 11.1 Å². The van der Waals surface area contributed by atoms with Crippen molar-refractivity contribution in [3.05, 3.63) is 39.1 Å². The van der Waals surface area contributed by atoms with Gasteiger partial charge in [-0.1, -0.05) is 26.2 Å². The van der Waals surface area contributed by atoms with Crippen molar-refractivity contribution < 1.29 is 28.5 Å². The SMILES string of the molecule is CCCCCCOc1c(Br)cc(-c2c(C(=O)OCC)c(C)nc(C)c2C(=O)OCC)cc1OC. The van der Waals surface area contributed by atoms with Gasteiger partial charge in [0, 0.05) is 5.56 Å². The molecule has 0 spiro atoms. The van der Waals surface area contributed by atoms with Crippen LogP contribution < -0.4 is 9.47 Å². The number of pyridine rings is 1. The van der Waals surface area contributed by atoms with E-state index in [1.165, 1.54) is 0 Å². The number of halogens is 1. The molecule has 34 heavy (non-hydrogen) atoms. The number of ether oxygens (including phenoxy) is 4. The average Bonchev–Trinajstić information content (AvgIpc) is 2.79. The van der Waals surface area contributed by atoms with Crippen LogP contribution in [0.4, 0.5) is 0 Å². The molecular formula is C26H34BrNO6. The van der Waals surface area contributed by atoms with Gasteiger partial charge in [-0.05, 0) is 67.7 Å². The van der Waals surface area contributed by atoms with Gasteiger partial charge in [0.05, 0.1) is 53.9 Å². The fourth-order valence-electron chi connectivity index (χ4n) is 3.75. The van der Waals surface area contributed by atoms with E-state index < -0.39 is 11.9 Å². The number of carbonyl (C=O) groups is 2. The zero-order valence-corrected chi connectivity index (χ0v) is 22.5. The van der Waals surface area contributed by atoms with E-state index in [0.29, 0.717) is 45.1 Å². The summed E-state index contributed by atoms with van der Waals surface area (Å²) in [6.07, 6.45) is 4.34. The maximum absolute atomic E-state index is 13.0. The van der Waals surface area contributed by atoms with Crippen molar-refractivity contribution in [2.45, 2.75) is 60.3 Å². The highest BCUT2D eigenvalue weighted by molar-refractivity contribution is 9.10. The van der Waals surface area contributed by atoms with E-state index in [4.69, 9.17) is 18.9 Å². The second-order valence-corrected chi connectivity index (χ2v) is 8.60. The Morgan fingerprint density at radius 3 is 2.00 bits per heavy atom. The molecule has 2 aromatic rings. The van der Waals surface area contributed by atoms with Gasteiger partial charge < -0.3 is 18.9 Å². The first-order valence-electron chi connectivity index (χ1n) is 11.7. The van der Waals surface area contributed by atoms with E-state index in [9.17, 15) is 9.59 Å². The van der Waals surface area contributed by atoms with Gasteiger partial charge in [-0.2, -0.15) is 0 Å². The highest BCUT2D eigenvalue weighted by Gasteiger charge is 2.29. The number of aryl methyl sites for hydroxylation is 2. The fourth-order valence-corrected chi connectivity index (χ4v) is 4.31. The maximum atomic E-state index is 13.0. The van der Waals surface area contributed by atoms with Crippen LogP contribution in [0.15, 0.2) is 16.6 Å². The largest absolute Gasteiger partial charge is 0.493 e. The van der Waals surface area contributed by atoms with Gasteiger partial charge in [0.2, 0.25) is 0 Å². The van der Waals surface area contributed by atoms with Gasteiger partial charge in [0.25, 0.3) is 0 Å². The first-order valence-corrected chi connectivity index (χ1v) is 12.5. The van der Waals surface area contributed by atoms with E-state index in [1.807, 2.05) is 6.07 Å². The minimum absolute atomic E-state index is 0.193. The average molecular weight is 536 g/mol. The summed E-state index contributed by atoms with van der Waals surface area (Å²) in [7, 11) is 1.55. The molecule has 0 fully saturated rings. The molecule has 1 heterocycles. The molecule has 0 N–H and O–H groups in total. The molecule has 0 radical (unpaired) electrons. The number of benzene rings is 1. The monoisotopic (exact) mass is 535 g/mol. The summed E-state index contributed by atoms with van der Waals surface area (Å²) in [4.78, 5) is 30.4. The van der Waals surface area contributed by atoms with Crippen LogP contribution in [0.2, 0.25) is 0 Å². The maximum Gasteiger partial charge on any atom is 0.340 e. The van der Waals surface area contributed by atoms with E-state index in [0.717, 1.165) is 25.7 Å². The summed E-state index contributed by atoms with van der Waals surface area (Å²) in [6.45, 7) is 10.0. The van der Waals surface area contributed by atoms with E-state index in [-0.39, 0.29) is 24.3 Å². The molecule has 0 amide bonds. The topological polar surface area (TPSA) is 84.0 Å². The van der Waals surface area contributed by atoms with Crippen LogP contribution in [-0.2, 0) is 9.47 Å². The van der Waals surface area contributed by atoms with Crippen molar-refractivity contribution in [3.63, 3.8) is 0 Å². The summed E-state index contributed by atoms with van der Waals surface area (Å²) in [6, 6.07) is 3.56. The van der Waals surface area contributed by atoms with E-state index >= 15 is 0 Å². The molecule has 186 valence electrons. The van der Waals surface area contributed by atoms with Crippen LogP contribution >= 0.6 is 15.9 Å². The molecule has 2 rings (SSSR count). The number of hydrogen-bond acceptors (Lipinski definition) is 7. The molecule has 8 heteroatoms. The van der Waals surface area contributed by atoms with Gasteiger partial charge in [0.15, 0.2) is 11.5 Å². The molecule has 7 nitrogen and oxygen atoms in total. The number of aromatic nitrogens is 1. The van der Waals surface area contributed by atoms with Gasteiger partial charge in [0.1, 0.15) is 0 Å². The quantitative estimate of drug-likeness (QED) is 0.228. The molecule has 1 aromatic heterocycles.